The fraction of sp³-hybridized carbons (Fsp3) is 0.545. The lowest BCUT2D eigenvalue weighted by Crippen LogP contribution is -2.13. The summed E-state index contributed by atoms with van der Waals surface area (Å²) in [5.41, 5.74) is 0.897. The SMILES string of the molecule is CCCCCCCCOc1ccc(C(=O)CC(=O)CC(=O)c2ccc(OCCCCCCCC)cc2)cc1. The van der Waals surface area contributed by atoms with Gasteiger partial charge >= 0.3 is 0 Å². The van der Waals surface area contributed by atoms with E-state index in [0.717, 1.165) is 37.2 Å². The number of ether oxygens (including phenoxy) is 2. The number of rotatable bonds is 22. The maximum Gasteiger partial charge on any atom is 0.170 e. The van der Waals surface area contributed by atoms with E-state index >= 15 is 0 Å². The molecule has 38 heavy (non-hydrogen) atoms. The normalized spacial score (nSPS) is 10.8. The van der Waals surface area contributed by atoms with Gasteiger partial charge in [0.2, 0.25) is 0 Å². The highest BCUT2D eigenvalue weighted by atomic mass is 16.5. The summed E-state index contributed by atoms with van der Waals surface area (Å²) in [5, 5.41) is 0. The molecule has 2 aromatic rings. The largest absolute Gasteiger partial charge is 0.494 e. The van der Waals surface area contributed by atoms with Crippen LogP contribution in [-0.4, -0.2) is 30.6 Å². The van der Waals surface area contributed by atoms with Crippen LogP contribution < -0.4 is 9.47 Å². The number of unbranched alkanes of at least 4 members (excludes halogenated alkanes) is 10. The number of Topliss-reactive ketones (excluding diaryl/α,β-unsaturated/α-hetero) is 3. The second-order valence-corrected chi connectivity index (χ2v) is 10.0. The van der Waals surface area contributed by atoms with Gasteiger partial charge in [-0.1, -0.05) is 78.1 Å². The highest BCUT2D eigenvalue weighted by Gasteiger charge is 2.17. The molecule has 208 valence electrons. The third-order valence-electron chi connectivity index (χ3n) is 6.60. The average molecular weight is 523 g/mol. The Morgan fingerprint density at radius 3 is 1.21 bits per heavy atom. The summed E-state index contributed by atoms with van der Waals surface area (Å²) in [6.07, 6.45) is 13.9. The summed E-state index contributed by atoms with van der Waals surface area (Å²) in [6.45, 7) is 5.74. The number of ketones is 3. The number of hydrogen-bond donors (Lipinski definition) is 0. The van der Waals surface area contributed by atoms with Crippen molar-refractivity contribution in [1.82, 2.24) is 0 Å². The first-order valence-electron chi connectivity index (χ1n) is 14.6. The quantitative estimate of drug-likeness (QED) is 0.0880. The Bertz CT molecular complexity index is 869. The monoisotopic (exact) mass is 522 g/mol. The standard InChI is InChI=1S/C33H46O5/c1-3-5-7-9-11-13-23-37-30-19-15-27(16-20-30)32(35)25-29(34)26-33(36)28-17-21-31(22-18-28)38-24-14-12-10-8-6-4-2/h15-22H,3-14,23-26H2,1-2H3. The van der Waals surface area contributed by atoms with Gasteiger partial charge < -0.3 is 9.47 Å². The second kappa shape index (κ2) is 19.2. The molecular weight excluding hydrogens is 476 g/mol. The van der Waals surface area contributed by atoms with E-state index in [1.807, 2.05) is 0 Å². The van der Waals surface area contributed by atoms with Crippen molar-refractivity contribution in [2.24, 2.45) is 0 Å². The van der Waals surface area contributed by atoms with Crippen molar-refractivity contribution >= 4 is 17.3 Å². The first-order valence-corrected chi connectivity index (χ1v) is 14.6. The topological polar surface area (TPSA) is 69.7 Å². The summed E-state index contributed by atoms with van der Waals surface area (Å²) in [5.74, 6) is 0.478. The number of hydrogen-bond acceptors (Lipinski definition) is 5. The van der Waals surface area contributed by atoms with E-state index in [4.69, 9.17) is 9.47 Å². The van der Waals surface area contributed by atoms with Gasteiger partial charge in [-0.2, -0.15) is 0 Å². The zero-order valence-corrected chi connectivity index (χ0v) is 23.5. The Morgan fingerprint density at radius 2 is 0.842 bits per heavy atom. The molecule has 0 aliphatic heterocycles. The Morgan fingerprint density at radius 1 is 0.500 bits per heavy atom. The first-order chi connectivity index (χ1) is 18.5. The molecule has 0 aromatic heterocycles. The zero-order chi connectivity index (χ0) is 27.4. The maximum absolute atomic E-state index is 12.5. The van der Waals surface area contributed by atoms with Gasteiger partial charge in [-0.05, 0) is 61.4 Å². The fourth-order valence-corrected chi connectivity index (χ4v) is 4.24. The molecule has 0 amide bonds. The van der Waals surface area contributed by atoms with Gasteiger partial charge in [-0.3, -0.25) is 14.4 Å². The van der Waals surface area contributed by atoms with E-state index in [0.29, 0.717) is 24.3 Å². The highest BCUT2D eigenvalue weighted by molar-refractivity contribution is 6.15. The van der Waals surface area contributed by atoms with Crippen molar-refractivity contribution < 1.29 is 23.9 Å². The second-order valence-electron chi connectivity index (χ2n) is 10.0. The van der Waals surface area contributed by atoms with Gasteiger partial charge in [0.25, 0.3) is 0 Å². The Hall–Kier alpha value is -2.95. The molecule has 0 aliphatic carbocycles. The van der Waals surface area contributed by atoms with Gasteiger partial charge in [0.15, 0.2) is 11.6 Å². The van der Waals surface area contributed by atoms with Gasteiger partial charge in [0.05, 0.1) is 26.1 Å². The van der Waals surface area contributed by atoms with E-state index < -0.39 is 0 Å². The summed E-state index contributed by atoms with van der Waals surface area (Å²) < 4.78 is 11.5. The van der Waals surface area contributed by atoms with Crippen LogP contribution in [-0.2, 0) is 4.79 Å². The van der Waals surface area contributed by atoms with Gasteiger partial charge in [0.1, 0.15) is 17.3 Å². The van der Waals surface area contributed by atoms with E-state index in [2.05, 4.69) is 13.8 Å². The highest BCUT2D eigenvalue weighted by Crippen LogP contribution is 2.17. The van der Waals surface area contributed by atoms with Crippen molar-refractivity contribution in [2.75, 3.05) is 13.2 Å². The van der Waals surface area contributed by atoms with Crippen LogP contribution in [0.3, 0.4) is 0 Å². The predicted molar refractivity (Wildman–Crippen MR) is 154 cm³/mol. The minimum Gasteiger partial charge on any atom is -0.494 e. The smallest absolute Gasteiger partial charge is 0.170 e. The minimum absolute atomic E-state index is 0.288. The fourth-order valence-electron chi connectivity index (χ4n) is 4.24. The van der Waals surface area contributed by atoms with Gasteiger partial charge in [-0.15, -0.1) is 0 Å². The lowest BCUT2D eigenvalue weighted by molar-refractivity contribution is -0.117. The van der Waals surface area contributed by atoms with Crippen LogP contribution in [0, 0.1) is 0 Å². The molecule has 0 fully saturated rings. The van der Waals surface area contributed by atoms with E-state index in [1.54, 1.807) is 48.5 Å². The van der Waals surface area contributed by atoms with Crippen molar-refractivity contribution in [3.63, 3.8) is 0 Å². The summed E-state index contributed by atoms with van der Waals surface area (Å²) in [6, 6.07) is 13.8. The van der Waals surface area contributed by atoms with Gasteiger partial charge in [-0.25, -0.2) is 0 Å². The van der Waals surface area contributed by atoms with Crippen LogP contribution >= 0.6 is 0 Å². The third kappa shape index (κ3) is 13.0. The van der Waals surface area contributed by atoms with Crippen LogP contribution in [0.4, 0.5) is 0 Å². The zero-order valence-electron chi connectivity index (χ0n) is 23.5. The molecule has 5 heteroatoms. The predicted octanol–water partition coefficient (Wildman–Crippen LogP) is 8.58. The lowest BCUT2D eigenvalue weighted by Gasteiger charge is -2.08. The number of benzene rings is 2. The minimum atomic E-state index is -0.383. The third-order valence-corrected chi connectivity index (χ3v) is 6.60. The van der Waals surface area contributed by atoms with Crippen LogP contribution in [0.25, 0.3) is 0 Å². The molecule has 5 nitrogen and oxygen atoms in total. The number of carbonyl (C=O) groups is 3. The van der Waals surface area contributed by atoms with Crippen molar-refractivity contribution in [2.45, 2.75) is 104 Å². The molecule has 0 spiro atoms. The van der Waals surface area contributed by atoms with Crippen LogP contribution in [0.1, 0.15) is 124 Å². The van der Waals surface area contributed by atoms with Crippen LogP contribution in [0.15, 0.2) is 48.5 Å². The van der Waals surface area contributed by atoms with Gasteiger partial charge in [0, 0.05) is 11.1 Å². The molecular formula is C33H46O5. The van der Waals surface area contributed by atoms with Crippen LogP contribution in [0.5, 0.6) is 11.5 Å². The molecule has 2 aromatic carbocycles. The Kier molecular flexibility index (Phi) is 15.8. The lowest BCUT2D eigenvalue weighted by atomic mass is 10.0. The first kappa shape index (κ1) is 31.3. The van der Waals surface area contributed by atoms with Crippen molar-refractivity contribution in [1.29, 1.82) is 0 Å². The molecule has 2 rings (SSSR count). The molecule has 0 aliphatic rings. The molecule has 0 heterocycles. The summed E-state index contributed by atoms with van der Waals surface area (Å²) in [7, 11) is 0. The maximum atomic E-state index is 12.5. The molecule has 0 atom stereocenters. The molecule has 0 saturated heterocycles. The van der Waals surface area contributed by atoms with E-state index in [1.165, 1.54) is 51.4 Å². The average Bonchev–Trinajstić information content (AvgIpc) is 2.92. The Labute approximate surface area is 229 Å². The molecule has 0 saturated carbocycles. The number of carbonyl (C=O) groups excluding carboxylic acids is 3. The molecule has 0 N–H and O–H groups in total. The Balaban J connectivity index is 1.67. The van der Waals surface area contributed by atoms with Crippen LogP contribution in [0.2, 0.25) is 0 Å². The molecule has 0 bridgehead atoms. The van der Waals surface area contributed by atoms with E-state index in [-0.39, 0.29) is 30.2 Å². The molecule has 0 unspecified atom stereocenters. The molecule has 0 radical (unpaired) electrons. The summed E-state index contributed by atoms with van der Waals surface area (Å²) >= 11 is 0. The van der Waals surface area contributed by atoms with Crippen molar-refractivity contribution in [3.8, 4) is 11.5 Å². The van der Waals surface area contributed by atoms with E-state index in [9.17, 15) is 14.4 Å². The summed E-state index contributed by atoms with van der Waals surface area (Å²) in [4.78, 5) is 37.4. The van der Waals surface area contributed by atoms with Crippen molar-refractivity contribution in [3.05, 3.63) is 59.7 Å².